The van der Waals surface area contributed by atoms with Crippen molar-refractivity contribution >= 4 is 17.9 Å². The summed E-state index contributed by atoms with van der Waals surface area (Å²) in [5, 5.41) is 0. The lowest BCUT2D eigenvalue weighted by Crippen LogP contribution is -2.30. The van der Waals surface area contributed by atoms with Gasteiger partial charge in [0.25, 0.3) is 0 Å². The van der Waals surface area contributed by atoms with Gasteiger partial charge in [0, 0.05) is 19.3 Å². The first-order valence-electron chi connectivity index (χ1n) is 29.6. The van der Waals surface area contributed by atoms with Crippen molar-refractivity contribution in [1.29, 1.82) is 0 Å². The van der Waals surface area contributed by atoms with Gasteiger partial charge in [-0.3, -0.25) is 14.4 Å². The number of carbonyl (C=O) groups is 3. The molecule has 0 spiro atoms. The summed E-state index contributed by atoms with van der Waals surface area (Å²) in [7, 11) is 0. The van der Waals surface area contributed by atoms with Gasteiger partial charge in [0.2, 0.25) is 0 Å². The molecule has 6 nitrogen and oxygen atoms in total. The van der Waals surface area contributed by atoms with Gasteiger partial charge in [-0.25, -0.2) is 0 Å². The molecule has 0 amide bonds. The molecule has 0 radical (unpaired) electrons. The first-order chi connectivity index (χ1) is 37.0. The van der Waals surface area contributed by atoms with Crippen LogP contribution in [0.3, 0.4) is 0 Å². The zero-order valence-corrected chi connectivity index (χ0v) is 47.7. The molecule has 0 aromatic carbocycles. The molecule has 0 rings (SSSR count). The van der Waals surface area contributed by atoms with Crippen molar-refractivity contribution in [3.8, 4) is 0 Å². The maximum Gasteiger partial charge on any atom is 0.306 e. The predicted octanol–water partition coefficient (Wildman–Crippen LogP) is 20.3. The van der Waals surface area contributed by atoms with Gasteiger partial charge in [-0.15, -0.1) is 0 Å². The fourth-order valence-corrected chi connectivity index (χ4v) is 7.32. The summed E-state index contributed by atoms with van der Waals surface area (Å²) in [4.78, 5) is 38.1. The maximum atomic E-state index is 12.8. The van der Waals surface area contributed by atoms with Gasteiger partial charge in [0.05, 0.1) is 0 Å². The summed E-state index contributed by atoms with van der Waals surface area (Å²) in [5.41, 5.74) is 0. The van der Waals surface area contributed by atoms with Gasteiger partial charge in [-0.2, -0.15) is 0 Å². The Hall–Kier alpha value is -5.23. The van der Waals surface area contributed by atoms with E-state index in [4.69, 9.17) is 14.2 Å². The van der Waals surface area contributed by atoms with Crippen molar-refractivity contribution in [2.24, 2.45) is 0 Å². The Bertz CT molecular complexity index is 1750. The van der Waals surface area contributed by atoms with Crippen LogP contribution in [0, 0.1) is 0 Å². The molecule has 0 heterocycles. The number of hydrogen-bond donors (Lipinski definition) is 0. The number of hydrogen-bond acceptors (Lipinski definition) is 6. The second-order valence-electron chi connectivity index (χ2n) is 18.8. The number of ether oxygens (including phenoxy) is 3. The van der Waals surface area contributed by atoms with Crippen LogP contribution in [0.2, 0.25) is 0 Å². The first kappa shape index (κ1) is 69.8. The van der Waals surface area contributed by atoms with Crippen LogP contribution >= 0.6 is 0 Å². The molecule has 0 saturated heterocycles. The highest BCUT2D eigenvalue weighted by atomic mass is 16.6. The molecule has 418 valence electrons. The van der Waals surface area contributed by atoms with Crippen LogP contribution in [0.5, 0.6) is 0 Å². The highest BCUT2D eigenvalue weighted by molar-refractivity contribution is 5.71. The quantitative estimate of drug-likeness (QED) is 0.0261. The Kier molecular flexibility index (Phi) is 57.0. The third-order valence-electron chi connectivity index (χ3n) is 11.7. The fraction of sp³-hybridized carbons (Fsp3) is 0.551. The second-order valence-corrected chi connectivity index (χ2v) is 18.8. The van der Waals surface area contributed by atoms with Crippen LogP contribution in [-0.4, -0.2) is 37.2 Å². The van der Waals surface area contributed by atoms with Crippen LogP contribution in [0.1, 0.15) is 226 Å². The topological polar surface area (TPSA) is 78.9 Å². The minimum Gasteiger partial charge on any atom is -0.462 e. The Morgan fingerprint density at radius 1 is 0.280 bits per heavy atom. The number of unbranched alkanes of at least 4 members (excludes halogenated alkanes) is 12. The molecule has 0 aromatic heterocycles. The molecular weight excluding hydrogens is 925 g/mol. The van der Waals surface area contributed by atoms with Gasteiger partial charge in [-0.05, 0) is 141 Å². The lowest BCUT2D eigenvalue weighted by Gasteiger charge is -2.18. The van der Waals surface area contributed by atoms with Gasteiger partial charge >= 0.3 is 17.9 Å². The third-order valence-corrected chi connectivity index (χ3v) is 11.7. The molecule has 0 N–H and O–H groups in total. The molecule has 0 saturated carbocycles. The third kappa shape index (κ3) is 59.5. The SMILES string of the molecule is CC/C=C\C/C=C\C/C=C\C/C=C\C/C=C\C/C=C\C/C=C\C/C=C\CCCCCCC(=O)OCC(COC(=O)CC/C=C\C/C=C\C/C=C\C/C=C\CC)OC(=O)CCCCCCC/C=C\C/C=C\CCCCC. The number of esters is 3. The van der Waals surface area contributed by atoms with E-state index >= 15 is 0 Å². The number of rotatable bonds is 51. The van der Waals surface area contributed by atoms with Crippen LogP contribution < -0.4 is 0 Å². The molecular formula is C69H106O6. The standard InChI is InChI=1S/C69H106O6/c1-4-7-10-13-16-19-22-25-27-28-29-30-31-32-33-34-35-36-37-38-39-40-42-44-47-50-53-56-59-62-68(71)74-65-66(64-73-67(70)61-58-55-52-49-46-43-24-21-18-15-12-9-6-3)75-69(72)63-60-57-54-51-48-45-41-26-23-20-17-14-11-8-5-2/h7,9-10,12,16-21,25-27,29-30,32-33,35-36,38-39,41-44,46,52,55,66H,4-6,8,11,13-15,22-24,28,31,34,37,40,45,47-51,53-54,56-65H2,1-3H3/b10-7-,12-9-,19-16-,20-17-,21-18-,27-25-,30-29-,33-32-,36-35-,39-38-,41-26-,44-42-,46-43-,55-52-. The average molecular weight is 1030 g/mol. The van der Waals surface area contributed by atoms with Crippen molar-refractivity contribution in [2.75, 3.05) is 13.2 Å². The molecule has 1 unspecified atom stereocenters. The monoisotopic (exact) mass is 1030 g/mol. The summed E-state index contributed by atoms with van der Waals surface area (Å²) in [6.45, 7) is 6.26. The molecule has 75 heavy (non-hydrogen) atoms. The summed E-state index contributed by atoms with van der Waals surface area (Å²) >= 11 is 0. The van der Waals surface area contributed by atoms with Gasteiger partial charge in [-0.1, -0.05) is 236 Å². The minimum absolute atomic E-state index is 0.127. The van der Waals surface area contributed by atoms with Crippen molar-refractivity contribution in [2.45, 2.75) is 232 Å². The first-order valence-corrected chi connectivity index (χ1v) is 29.6. The van der Waals surface area contributed by atoms with Crippen LogP contribution in [0.4, 0.5) is 0 Å². The van der Waals surface area contributed by atoms with Crippen molar-refractivity contribution in [1.82, 2.24) is 0 Å². The zero-order chi connectivity index (χ0) is 54.3. The van der Waals surface area contributed by atoms with E-state index in [1.807, 2.05) is 12.2 Å². The van der Waals surface area contributed by atoms with E-state index in [1.54, 1.807) is 0 Å². The normalized spacial score (nSPS) is 13.4. The molecule has 1 atom stereocenters. The highest BCUT2D eigenvalue weighted by Gasteiger charge is 2.19. The van der Waals surface area contributed by atoms with Crippen LogP contribution in [0.15, 0.2) is 170 Å². The van der Waals surface area contributed by atoms with E-state index in [9.17, 15) is 14.4 Å². The van der Waals surface area contributed by atoms with E-state index in [0.29, 0.717) is 12.8 Å². The summed E-state index contributed by atoms with van der Waals surface area (Å²) in [6, 6.07) is 0. The summed E-state index contributed by atoms with van der Waals surface area (Å²) in [5.74, 6) is -1.06. The predicted molar refractivity (Wildman–Crippen MR) is 325 cm³/mol. The van der Waals surface area contributed by atoms with E-state index in [-0.39, 0.29) is 44.0 Å². The minimum atomic E-state index is -0.834. The number of allylic oxidation sites excluding steroid dienone is 28. The van der Waals surface area contributed by atoms with Gasteiger partial charge in [0.1, 0.15) is 13.2 Å². The van der Waals surface area contributed by atoms with Crippen molar-refractivity contribution in [3.63, 3.8) is 0 Å². The lowest BCUT2D eigenvalue weighted by atomic mass is 10.1. The van der Waals surface area contributed by atoms with Crippen molar-refractivity contribution < 1.29 is 28.6 Å². The second kappa shape index (κ2) is 61.3. The number of carbonyl (C=O) groups excluding carboxylic acids is 3. The van der Waals surface area contributed by atoms with Crippen LogP contribution in [0.25, 0.3) is 0 Å². The highest BCUT2D eigenvalue weighted by Crippen LogP contribution is 2.12. The molecule has 0 aromatic rings. The maximum absolute atomic E-state index is 12.8. The van der Waals surface area contributed by atoms with E-state index in [1.165, 1.54) is 25.7 Å². The van der Waals surface area contributed by atoms with E-state index in [2.05, 4.69) is 179 Å². The molecule has 6 heteroatoms. The van der Waals surface area contributed by atoms with E-state index in [0.717, 1.165) is 154 Å². The lowest BCUT2D eigenvalue weighted by molar-refractivity contribution is -0.166. The molecule has 0 aliphatic heterocycles. The van der Waals surface area contributed by atoms with Gasteiger partial charge in [0.15, 0.2) is 6.10 Å². The Labute approximate surface area is 460 Å². The summed E-state index contributed by atoms with van der Waals surface area (Å²) < 4.78 is 16.7. The largest absolute Gasteiger partial charge is 0.462 e. The molecule has 0 aliphatic rings. The van der Waals surface area contributed by atoms with Gasteiger partial charge < -0.3 is 14.2 Å². The molecule has 0 bridgehead atoms. The van der Waals surface area contributed by atoms with Crippen LogP contribution in [-0.2, 0) is 28.6 Å². The molecule has 0 aliphatic carbocycles. The molecule has 0 fully saturated rings. The average Bonchev–Trinajstić information content (AvgIpc) is 3.41. The van der Waals surface area contributed by atoms with E-state index < -0.39 is 6.10 Å². The Morgan fingerprint density at radius 3 is 0.893 bits per heavy atom. The zero-order valence-electron chi connectivity index (χ0n) is 47.7. The Balaban J connectivity index is 4.46. The fourth-order valence-electron chi connectivity index (χ4n) is 7.32. The Morgan fingerprint density at radius 2 is 0.547 bits per heavy atom. The van der Waals surface area contributed by atoms with Crippen molar-refractivity contribution in [3.05, 3.63) is 170 Å². The summed E-state index contributed by atoms with van der Waals surface area (Å²) in [6.07, 6.45) is 90.8. The smallest absolute Gasteiger partial charge is 0.306 e.